The Morgan fingerprint density at radius 2 is 1.85 bits per heavy atom. The summed E-state index contributed by atoms with van der Waals surface area (Å²) in [5.41, 5.74) is 7.40. The van der Waals surface area contributed by atoms with E-state index in [2.05, 4.69) is 5.32 Å². The molecule has 0 spiro atoms. The molecule has 0 aromatic heterocycles. The third-order valence-corrected chi connectivity index (χ3v) is 3.16. The maximum Gasteiger partial charge on any atom is 0.242 e. The molecule has 0 radical (unpaired) electrons. The fourth-order valence-corrected chi connectivity index (χ4v) is 1.66. The number of nitrogens with one attached hydrogen (secondary N) is 1. The molecule has 0 saturated carbocycles. The molecule has 0 bridgehead atoms. The first-order chi connectivity index (χ1) is 8.95. The minimum atomic E-state index is -0.329. The predicted octanol–water partition coefficient (Wildman–Crippen LogP) is 1.01. The molecule has 0 heterocycles. The Morgan fingerprint density at radius 1 is 1.30 bits per heavy atom. The second-order valence-electron chi connectivity index (χ2n) is 4.57. The monoisotopic (exact) mass is 299 g/mol. The first kappa shape index (κ1) is 18.4. The minimum Gasteiger partial charge on any atom is -0.346 e. The van der Waals surface area contributed by atoms with Crippen LogP contribution in [0.3, 0.4) is 0 Å². The fourth-order valence-electron chi connectivity index (χ4n) is 1.66. The van der Waals surface area contributed by atoms with Gasteiger partial charge >= 0.3 is 0 Å². The lowest BCUT2D eigenvalue weighted by atomic mass is 10.1. The van der Waals surface area contributed by atoms with Gasteiger partial charge in [0.15, 0.2) is 0 Å². The number of likely N-dealkylation sites (N-methyl/N-ethyl adjacent to an activating group) is 1. The van der Waals surface area contributed by atoms with Crippen LogP contribution >= 0.6 is 12.4 Å². The van der Waals surface area contributed by atoms with Crippen LogP contribution in [-0.2, 0) is 9.59 Å². The average molecular weight is 300 g/mol. The van der Waals surface area contributed by atoms with Crippen molar-refractivity contribution < 1.29 is 9.59 Å². The Labute approximate surface area is 125 Å². The molecule has 0 fully saturated rings. The number of carbonyl (C=O) groups is 2. The van der Waals surface area contributed by atoms with Gasteiger partial charge in [0, 0.05) is 7.05 Å². The quantitative estimate of drug-likeness (QED) is 0.852. The molecule has 5 nitrogen and oxygen atoms in total. The van der Waals surface area contributed by atoms with Gasteiger partial charge in [-0.1, -0.05) is 29.8 Å². The number of carbonyl (C=O) groups excluding carboxylic acids is 2. The summed E-state index contributed by atoms with van der Waals surface area (Å²) >= 11 is 0. The van der Waals surface area contributed by atoms with Crippen molar-refractivity contribution in [3.8, 4) is 0 Å². The summed E-state index contributed by atoms with van der Waals surface area (Å²) in [7, 11) is 1.72. The molecule has 0 aliphatic rings. The number of aryl methyl sites for hydroxylation is 1. The van der Waals surface area contributed by atoms with Gasteiger partial charge in [0.05, 0.1) is 19.1 Å². The number of halogens is 1. The van der Waals surface area contributed by atoms with E-state index >= 15 is 0 Å². The summed E-state index contributed by atoms with van der Waals surface area (Å²) in [5.74, 6) is -0.473. The van der Waals surface area contributed by atoms with Crippen molar-refractivity contribution in [1.29, 1.82) is 0 Å². The van der Waals surface area contributed by atoms with Crippen LogP contribution in [0.25, 0.3) is 0 Å². The fraction of sp³-hybridized carbons (Fsp3) is 0.429. The molecule has 6 heteroatoms. The van der Waals surface area contributed by atoms with Crippen molar-refractivity contribution in [3.05, 3.63) is 35.4 Å². The van der Waals surface area contributed by atoms with Crippen LogP contribution in [0.1, 0.15) is 24.1 Å². The second-order valence-corrected chi connectivity index (χ2v) is 4.57. The van der Waals surface area contributed by atoms with Crippen molar-refractivity contribution in [1.82, 2.24) is 10.2 Å². The molecule has 1 rings (SSSR count). The minimum absolute atomic E-state index is 0. The van der Waals surface area contributed by atoms with E-state index in [1.54, 1.807) is 11.9 Å². The summed E-state index contributed by atoms with van der Waals surface area (Å²) in [6.07, 6.45) is 0. The van der Waals surface area contributed by atoms with Crippen LogP contribution in [0.5, 0.6) is 0 Å². The van der Waals surface area contributed by atoms with Crippen LogP contribution in [0.15, 0.2) is 24.3 Å². The number of amides is 2. The van der Waals surface area contributed by atoms with Crippen LogP contribution in [0, 0.1) is 6.92 Å². The third-order valence-electron chi connectivity index (χ3n) is 3.16. The number of benzene rings is 1. The Bertz CT molecular complexity index is 448. The Kier molecular flexibility index (Phi) is 7.87. The SMILES string of the molecule is Cc1ccc(C(C)N(C)C(=O)CNC(=O)CN)cc1.Cl. The van der Waals surface area contributed by atoms with Gasteiger partial charge in [-0.15, -0.1) is 12.4 Å². The topological polar surface area (TPSA) is 75.4 Å². The Balaban J connectivity index is 0.00000361. The highest BCUT2D eigenvalue weighted by Crippen LogP contribution is 2.18. The van der Waals surface area contributed by atoms with Gasteiger partial charge in [-0.25, -0.2) is 0 Å². The van der Waals surface area contributed by atoms with E-state index in [0.717, 1.165) is 5.56 Å². The van der Waals surface area contributed by atoms with Crippen molar-refractivity contribution >= 4 is 24.2 Å². The lowest BCUT2D eigenvalue weighted by molar-refractivity contribution is -0.133. The molecule has 2 amide bonds. The average Bonchev–Trinajstić information content (AvgIpc) is 2.43. The zero-order chi connectivity index (χ0) is 14.4. The smallest absolute Gasteiger partial charge is 0.242 e. The third kappa shape index (κ3) is 5.19. The molecule has 0 aliphatic heterocycles. The van der Waals surface area contributed by atoms with Gasteiger partial charge in [-0.2, -0.15) is 0 Å². The highest BCUT2D eigenvalue weighted by Gasteiger charge is 2.17. The molecule has 112 valence electrons. The highest BCUT2D eigenvalue weighted by molar-refractivity contribution is 5.85. The maximum absolute atomic E-state index is 11.9. The van der Waals surface area contributed by atoms with Crippen molar-refractivity contribution in [2.75, 3.05) is 20.1 Å². The normalized spacial score (nSPS) is 11.2. The molecule has 0 aliphatic carbocycles. The first-order valence-electron chi connectivity index (χ1n) is 6.24. The van der Waals surface area contributed by atoms with E-state index in [0.29, 0.717) is 0 Å². The van der Waals surface area contributed by atoms with Gasteiger partial charge in [0.1, 0.15) is 0 Å². The van der Waals surface area contributed by atoms with Gasteiger partial charge < -0.3 is 16.0 Å². The van der Waals surface area contributed by atoms with Crippen LogP contribution < -0.4 is 11.1 Å². The van der Waals surface area contributed by atoms with E-state index < -0.39 is 0 Å². The highest BCUT2D eigenvalue weighted by atomic mass is 35.5. The van der Waals surface area contributed by atoms with E-state index in [1.807, 2.05) is 38.1 Å². The lowest BCUT2D eigenvalue weighted by Gasteiger charge is -2.25. The molecule has 20 heavy (non-hydrogen) atoms. The van der Waals surface area contributed by atoms with Crippen LogP contribution in [0.2, 0.25) is 0 Å². The van der Waals surface area contributed by atoms with Crippen molar-refractivity contribution in [2.24, 2.45) is 5.73 Å². The summed E-state index contributed by atoms with van der Waals surface area (Å²) in [6, 6.07) is 7.99. The number of nitrogens with zero attached hydrogens (tertiary/aromatic N) is 1. The van der Waals surface area contributed by atoms with E-state index in [9.17, 15) is 9.59 Å². The molecular formula is C14H22ClN3O2. The molecule has 1 aromatic rings. The number of nitrogens with two attached hydrogens (primary N) is 1. The second kappa shape index (κ2) is 8.55. The molecule has 1 unspecified atom stereocenters. The molecule has 3 N–H and O–H groups in total. The van der Waals surface area contributed by atoms with Crippen LogP contribution in [-0.4, -0.2) is 36.9 Å². The van der Waals surface area contributed by atoms with Gasteiger partial charge in [0.25, 0.3) is 0 Å². The number of rotatable bonds is 5. The van der Waals surface area contributed by atoms with Crippen LogP contribution in [0.4, 0.5) is 0 Å². The van der Waals surface area contributed by atoms with Crippen molar-refractivity contribution in [3.63, 3.8) is 0 Å². The molecule has 1 aromatic carbocycles. The zero-order valence-electron chi connectivity index (χ0n) is 12.1. The largest absolute Gasteiger partial charge is 0.346 e. The summed E-state index contributed by atoms with van der Waals surface area (Å²) in [5, 5.41) is 2.47. The summed E-state index contributed by atoms with van der Waals surface area (Å²) < 4.78 is 0. The summed E-state index contributed by atoms with van der Waals surface area (Å²) in [6.45, 7) is 3.84. The molecule has 1 atom stereocenters. The maximum atomic E-state index is 11.9. The predicted molar refractivity (Wildman–Crippen MR) is 81.7 cm³/mol. The number of hydrogen-bond acceptors (Lipinski definition) is 3. The zero-order valence-corrected chi connectivity index (χ0v) is 12.9. The van der Waals surface area contributed by atoms with E-state index in [-0.39, 0.29) is 43.4 Å². The first-order valence-corrected chi connectivity index (χ1v) is 6.24. The Hall–Kier alpha value is -1.59. The number of hydrogen-bond donors (Lipinski definition) is 2. The summed E-state index contributed by atoms with van der Waals surface area (Å²) in [4.78, 5) is 24.5. The molecule has 0 saturated heterocycles. The van der Waals surface area contributed by atoms with Gasteiger partial charge in [-0.3, -0.25) is 9.59 Å². The van der Waals surface area contributed by atoms with Crippen molar-refractivity contribution in [2.45, 2.75) is 19.9 Å². The van der Waals surface area contributed by atoms with E-state index in [1.165, 1.54) is 5.56 Å². The van der Waals surface area contributed by atoms with Gasteiger partial charge in [-0.05, 0) is 19.4 Å². The van der Waals surface area contributed by atoms with Gasteiger partial charge in [0.2, 0.25) is 11.8 Å². The van der Waals surface area contributed by atoms with E-state index in [4.69, 9.17) is 5.73 Å². The Morgan fingerprint density at radius 3 is 2.35 bits per heavy atom. The molecular weight excluding hydrogens is 278 g/mol. The lowest BCUT2D eigenvalue weighted by Crippen LogP contribution is -2.41. The standard InChI is InChI=1S/C14H21N3O2.ClH/c1-10-4-6-12(7-5-10)11(2)17(3)14(19)9-16-13(18)8-15;/h4-7,11H,8-9,15H2,1-3H3,(H,16,18);1H.